The highest BCUT2D eigenvalue weighted by Gasteiger charge is 2.30. The maximum absolute atomic E-state index is 13.6. The van der Waals surface area contributed by atoms with Gasteiger partial charge in [-0.05, 0) is 109 Å². The molecule has 9 nitrogen and oxygen atoms in total. The van der Waals surface area contributed by atoms with E-state index in [9.17, 15) is 19.0 Å². The smallest absolute Gasteiger partial charge is 0.456 e. The van der Waals surface area contributed by atoms with E-state index in [1.807, 2.05) is 33.3 Å². The fourth-order valence-electron chi connectivity index (χ4n) is 8.64. The van der Waals surface area contributed by atoms with Crippen molar-refractivity contribution in [1.29, 1.82) is 0 Å². The zero-order valence-corrected chi connectivity index (χ0v) is 51.6. The minimum absolute atomic E-state index is 0.0307. The summed E-state index contributed by atoms with van der Waals surface area (Å²) in [7, 11) is 1.47. The van der Waals surface area contributed by atoms with Crippen LogP contribution in [0.5, 0.6) is 0 Å². The number of phosphoric ester groups is 1. The van der Waals surface area contributed by atoms with Crippen molar-refractivity contribution < 1.29 is 37.3 Å². The summed E-state index contributed by atoms with van der Waals surface area (Å²) in [6.45, 7) is 6.87. The van der Waals surface area contributed by atoms with E-state index in [-0.39, 0.29) is 31.5 Å². The Balaban J connectivity index is 5.23. The Bertz CT molecular complexity index is 1640. The minimum Gasteiger partial charge on any atom is -0.456 e. The van der Waals surface area contributed by atoms with Gasteiger partial charge in [-0.2, -0.15) is 0 Å². The summed E-state index contributed by atoms with van der Waals surface area (Å²) in [5.74, 6) is -0.543. The van der Waals surface area contributed by atoms with Crippen LogP contribution in [0.2, 0.25) is 0 Å². The molecule has 0 radical (unpaired) electrons. The van der Waals surface area contributed by atoms with E-state index in [1.165, 1.54) is 96.3 Å². The van der Waals surface area contributed by atoms with Gasteiger partial charge in [0.1, 0.15) is 19.3 Å². The molecule has 0 aliphatic heterocycles. The van der Waals surface area contributed by atoms with Crippen LogP contribution in [0.25, 0.3) is 0 Å². The quantitative estimate of drug-likeness (QED) is 0.0205. The number of carbonyl (C=O) groups excluding carboxylic acids is 2. The minimum atomic E-state index is -4.46. The number of esters is 1. The Kier molecular flexibility index (Phi) is 54.0. The highest BCUT2D eigenvalue weighted by Crippen LogP contribution is 2.43. The standard InChI is InChI=1S/C67H119N2O7P/c1-7-10-13-16-19-22-25-28-30-31-32-33-34-35-36-37-38-39-40-41-44-47-50-53-56-59-66(70)68-64(63-75-77(72,73)74-62-61-69(4,5)6)65(58-55-52-49-46-43-27-24-21-18-15-12-9-3)76-67(71)60-57-54-51-48-45-42-29-26-23-20-17-14-11-8-2/h10,13,19,22,28,30,32-33,35-36,38-39,42,45,55,58,64-65H,7-9,11-12,14-18,20-21,23-27,29,31,34,37,40-41,43-44,46-54,56-57,59-63H2,1-6H3,(H-,68,70,72,73)/p+1/b13-10-,22-19-,30-28-,33-32-,36-35-,39-38-,45-42-,58-55-. The number of amides is 1. The number of carbonyl (C=O) groups is 2. The van der Waals surface area contributed by atoms with E-state index in [1.54, 1.807) is 0 Å². The Morgan fingerprint density at radius 1 is 0.468 bits per heavy atom. The third kappa shape index (κ3) is 57.4. The number of hydrogen-bond donors (Lipinski definition) is 2. The lowest BCUT2D eigenvalue weighted by Crippen LogP contribution is -2.47. The van der Waals surface area contributed by atoms with Gasteiger partial charge in [0.25, 0.3) is 0 Å². The average molecular weight is 1100 g/mol. The lowest BCUT2D eigenvalue weighted by Gasteiger charge is -2.27. The number of likely N-dealkylation sites (N-methyl/N-ethyl adjacent to an activating group) is 1. The van der Waals surface area contributed by atoms with Gasteiger partial charge in [0, 0.05) is 12.8 Å². The largest absolute Gasteiger partial charge is 0.472 e. The topological polar surface area (TPSA) is 111 Å². The maximum Gasteiger partial charge on any atom is 0.472 e. The summed E-state index contributed by atoms with van der Waals surface area (Å²) >= 11 is 0. The second-order valence-electron chi connectivity index (χ2n) is 22.2. The maximum atomic E-state index is 13.6. The zero-order valence-electron chi connectivity index (χ0n) is 50.7. The van der Waals surface area contributed by atoms with E-state index >= 15 is 0 Å². The molecule has 2 N–H and O–H groups in total. The molecule has 1 amide bonds. The third-order valence-corrected chi connectivity index (χ3v) is 14.5. The van der Waals surface area contributed by atoms with Crippen molar-refractivity contribution in [2.75, 3.05) is 40.9 Å². The van der Waals surface area contributed by atoms with Crippen LogP contribution >= 0.6 is 7.82 Å². The van der Waals surface area contributed by atoms with Crippen molar-refractivity contribution in [3.63, 3.8) is 0 Å². The molecule has 0 saturated carbocycles. The molecule has 0 aromatic heterocycles. The monoisotopic (exact) mass is 1100 g/mol. The summed E-state index contributed by atoms with van der Waals surface area (Å²) < 4.78 is 30.7. The number of hydrogen-bond acceptors (Lipinski definition) is 6. The summed E-state index contributed by atoms with van der Waals surface area (Å²) in [5, 5.41) is 3.04. The first-order chi connectivity index (χ1) is 37.4. The molecule has 0 heterocycles. The zero-order chi connectivity index (χ0) is 56.4. The Labute approximate surface area is 475 Å². The Morgan fingerprint density at radius 2 is 0.831 bits per heavy atom. The van der Waals surface area contributed by atoms with Gasteiger partial charge >= 0.3 is 13.8 Å². The summed E-state index contributed by atoms with van der Waals surface area (Å²) in [6.07, 6.45) is 75.5. The molecule has 0 aromatic rings. The molecule has 0 aromatic carbocycles. The third-order valence-electron chi connectivity index (χ3n) is 13.5. The summed E-state index contributed by atoms with van der Waals surface area (Å²) in [6, 6.07) is -0.867. The van der Waals surface area contributed by atoms with E-state index in [0.29, 0.717) is 23.9 Å². The van der Waals surface area contributed by atoms with Crippen LogP contribution in [0.3, 0.4) is 0 Å². The van der Waals surface area contributed by atoms with Gasteiger partial charge in [-0.25, -0.2) is 4.57 Å². The Morgan fingerprint density at radius 3 is 1.27 bits per heavy atom. The second-order valence-corrected chi connectivity index (χ2v) is 23.6. The first-order valence-corrected chi connectivity index (χ1v) is 33.1. The van der Waals surface area contributed by atoms with Gasteiger partial charge in [0.2, 0.25) is 5.91 Å². The fourth-order valence-corrected chi connectivity index (χ4v) is 9.38. The molecule has 444 valence electrons. The van der Waals surface area contributed by atoms with Crippen LogP contribution in [0, 0.1) is 0 Å². The number of nitrogens with zero attached hydrogens (tertiary/aromatic N) is 1. The van der Waals surface area contributed by atoms with Gasteiger partial charge in [0.15, 0.2) is 0 Å². The fraction of sp³-hybridized carbons (Fsp3) is 0.731. The highest BCUT2D eigenvalue weighted by molar-refractivity contribution is 7.47. The van der Waals surface area contributed by atoms with E-state index in [4.69, 9.17) is 13.8 Å². The predicted octanol–water partition coefficient (Wildman–Crippen LogP) is 19.6. The lowest BCUT2D eigenvalue weighted by molar-refractivity contribution is -0.870. The SMILES string of the molecule is CC/C=C\C/C=C\C/C=C\C/C=C\C/C=C\C/C=C\CCCCCCCCC(=O)NC(COP(=O)(O)OCC[N+](C)(C)C)C(/C=C\CCCCCCCCCCCC)OC(=O)CCCCC/C=C\CCCCCCCCC. The van der Waals surface area contributed by atoms with Crippen LogP contribution in [0.4, 0.5) is 0 Å². The van der Waals surface area contributed by atoms with Crippen LogP contribution in [0.15, 0.2) is 97.2 Å². The molecule has 0 rings (SSSR count). The van der Waals surface area contributed by atoms with Gasteiger partial charge in [-0.3, -0.25) is 18.6 Å². The molecule has 10 heteroatoms. The predicted molar refractivity (Wildman–Crippen MR) is 332 cm³/mol. The first kappa shape index (κ1) is 73.9. The van der Waals surface area contributed by atoms with Gasteiger partial charge < -0.3 is 19.4 Å². The van der Waals surface area contributed by atoms with Gasteiger partial charge in [0.05, 0.1) is 33.8 Å². The number of nitrogens with one attached hydrogen (secondary N) is 1. The molecule has 3 unspecified atom stereocenters. The van der Waals surface area contributed by atoms with Crippen LogP contribution in [0.1, 0.15) is 265 Å². The van der Waals surface area contributed by atoms with Crippen molar-refractivity contribution in [2.24, 2.45) is 0 Å². The molecular formula is C67H120N2O7P+. The summed E-state index contributed by atoms with van der Waals surface area (Å²) in [5.41, 5.74) is 0. The van der Waals surface area contributed by atoms with Crippen molar-refractivity contribution in [1.82, 2.24) is 5.32 Å². The molecule has 3 atom stereocenters. The Hall–Kier alpha value is -3.07. The van der Waals surface area contributed by atoms with E-state index in [0.717, 1.165) is 128 Å². The molecule has 0 aliphatic rings. The second kappa shape index (κ2) is 56.2. The number of ether oxygens (including phenoxy) is 1. The van der Waals surface area contributed by atoms with Crippen LogP contribution in [-0.4, -0.2) is 74.3 Å². The first-order valence-electron chi connectivity index (χ1n) is 31.6. The normalized spacial score (nSPS) is 14.3. The van der Waals surface area contributed by atoms with Gasteiger partial charge in [-0.15, -0.1) is 0 Å². The van der Waals surface area contributed by atoms with Crippen molar-refractivity contribution in [2.45, 2.75) is 277 Å². The average Bonchev–Trinajstić information content (AvgIpc) is 3.39. The molecular weight excluding hydrogens is 976 g/mol. The highest BCUT2D eigenvalue weighted by atomic mass is 31.2. The molecule has 77 heavy (non-hydrogen) atoms. The number of allylic oxidation sites excluding steroid dienone is 15. The number of unbranched alkanes of at least 4 members (excludes halogenated alkanes) is 26. The molecule has 0 fully saturated rings. The van der Waals surface area contributed by atoms with Crippen molar-refractivity contribution in [3.8, 4) is 0 Å². The van der Waals surface area contributed by atoms with E-state index < -0.39 is 20.0 Å². The lowest BCUT2D eigenvalue weighted by atomic mass is 10.0. The van der Waals surface area contributed by atoms with E-state index in [2.05, 4.69) is 111 Å². The molecule has 0 aliphatic carbocycles. The van der Waals surface area contributed by atoms with Gasteiger partial charge in [-0.1, -0.05) is 240 Å². The number of rotatable bonds is 56. The number of phosphoric acid groups is 1. The summed E-state index contributed by atoms with van der Waals surface area (Å²) in [4.78, 5) is 37.7. The van der Waals surface area contributed by atoms with Crippen LogP contribution in [-0.2, 0) is 27.9 Å². The van der Waals surface area contributed by atoms with Crippen molar-refractivity contribution in [3.05, 3.63) is 97.2 Å². The van der Waals surface area contributed by atoms with Crippen LogP contribution < -0.4 is 5.32 Å². The van der Waals surface area contributed by atoms with Crippen molar-refractivity contribution >= 4 is 19.7 Å². The molecule has 0 spiro atoms. The molecule has 0 saturated heterocycles. The number of quaternary nitrogens is 1. The molecule has 0 bridgehead atoms.